The average Bonchev–Trinajstić information content (AvgIpc) is 2.90. The summed E-state index contributed by atoms with van der Waals surface area (Å²) in [6, 6.07) is 5.36. The number of aryl methyl sites for hydroxylation is 1. The largest absolute Gasteiger partial charge is 0.495 e. The highest BCUT2D eigenvalue weighted by Gasteiger charge is 2.13. The van der Waals surface area contributed by atoms with Crippen molar-refractivity contribution in [3.8, 4) is 5.75 Å². The number of methoxy groups -OCH3 is 1. The standard InChI is InChI=1S/C14H13Cl2N5O/c1-3-21-7-17-11-12(19-14(16)20-13(11)21)18-8-4-5-10(22-2)9(15)6-8/h4-7H,3H2,1-2H3,(H,18,19,20). The predicted molar refractivity (Wildman–Crippen MR) is 87.3 cm³/mol. The molecule has 0 saturated carbocycles. The van der Waals surface area contributed by atoms with E-state index in [1.807, 2.05) is 17.6 Å². The van der Waals surface area contributed by atoms with Crippen molar-refractivity contribution in [3.05, 3.63) is 34.8 Å². The number of fused-ring (bicyclic) bond motifs is 1. The first-order valence-electron chi connectivity index (χ1n) is 6.61. The molecule has 0 aliphatic carbocycles. The molecular weight excluding hydrogens is 325 g/mol. The van der Waals surface area contributed by atoms with Gasteiger partial charge in [-0.05, 0) is 36.7 Å². The lowest BCUT2D eigenvalue weighted by Crippen LogP contribution is -1.99. The van der Waals surface area contributed by atoms with E-state index in [1.165, 1.54) is 0 Å². The van der Waals surface area contributed by atoms with E-state index in [1.54, 1.807) is 25.6 Å². The Bertz CT molecular complexity index is 833. The van der Waals surface area contributed by atoms with Crippen LogP contribution in [0.4, 0.5) is 11.5 Å². The number of imidazole rings is 1. The van der Waals surface area contributed by atoms with Crippen LogP contribution in [0, 0.1) is 0 Å². The van der Waals surface area contributed by atoms with Crippen LogP contribution in [-0.4, -0.2) is 26.6 Å². The van der Waals surface area contributed by atoms with Crippen LogP contribution in [0.2, 0.25) is 10.3 Å². The first-order valence-corrected chi connectivity index (χ1v) is 7.37. The second-order valence-corrected chi connectivity index (χ2v) is 5.26. The molecule has 2 aromatic heterocycles. The molecule has 8 heteroatoms. The molecule has 0 aliphatic heterocycles. The maximum absolute atomic E-state index is 6.13. The maximum Gasteiger partial charge on any atom is 0.226 e. The molecule has 0 saturated heterocycles. The Morgan fingerprint density at radius 1 is 1.27 bits per heavy atom. The number of hydrogen-bond acceptors (Lipinski definition) is 5. The first-order chi connectivity index (χ1) is 10.6. The van der Waals surface area contributed by atoms with Crippen molar-refractivity contribution < 1.29 is 4.74 Å². The van der Waals surface area contributed by atoms with Crippen LogP contribution in [0.5, 0.6) is 5.75 Å². The van der Waals surface area contributed by atoms with Crippen LogP contribution in [0.25, 0.3) is 11.2 Å². The van der Waals surface area contributed by atoms with Gasteiger partial charge in [0.05, 0.1) is 18.5 Å². The summed E-state index contributed by atoms with van der Waals surface area (Å²) in [6.45, 7) is 2.76. The lowest BCUT2D eigenvalue weighted by molar-refractivity contribution is 0.415. The lowest BCUT2D eigenvalue weighted by atomic mass is 10.3. The number of hydrogen-bond donors (Lipinski definition) is 1. The minimum Gasteiger partial charge on any atom is -0.495 e. The number of halogens is 2. The van der Waals surface area contributed by atoms with Crippen LogP contribution in [0.1, 0.15) is 6.92 Å². The maximum atomic E-state index is 6.13. The van der Waals surface area contributed by atoms with Crippen LogP contribution in [0.3, 0.4) is 0 Å². The van der Waals surface area contributed by atoms with Gasteiger partial charge in [0.15, 0.2) is 17.0 Å². The number of nitrogens with zero attached hydrogens (tertiary/aromatic N) is 4. The lowest BCUT2D eigenvalue weighted by Gasteiger charge is -2.09. The van der Waals surface area contributed by atoms with E-state index in [-0.39, 0.29) is 5.28 Å². The van der Waals surface area contributed by atoms with E-state index in [2.05, 4.69) is 20.3 Å². The van der Waals surface area contributed by atoms with Gasteiger partial charge in [-0.15, -0.1) is 0 Å². The van der Waals surface area contributed by atoms with Crippen LogP contribution < -0.4 is 10.1 Å². The Morgan fingerprint density at radius 2 is 2.09 bits per heavy atom. The summed E-state index contributed by atoms with van der Waals surface area (Å²) in [4.78, 5) is 12.8. The zero-order valence-corrected chi connectivity index (χ0v) is 13.5. The third-order valence-electron chi connectivity index (χ3n) is 3.19. The second kappa shape index (κ2) is 5.98. The molecule has 0 bridgehead atoms. The van der Waals surface area contributed by atoms with Crippen molar-refractivity contribution in [2.45, 2.75) is 13.5 Å². The Morgan fingerprint density at radius 3 is 2.77 bits per heavy atom. The van der Waals surface area contributed by atoms with Gasteiger partial charge in [-0.25, -0.2) is 4.98 Å². The highest BCUT2D eigenvalue weighted by molar-refractivity contribution is 6.32. The van der Waals surface area contributed by atoms with Crippen LogP contribution >= 0.6 is 23.2 Å². The fraction of sp³-hybridized carbons (Fsp3) is 0.214. The summed E-state index contributed by atoms with van der Waals surface area (Å²) in [5.74, 6) is 1.14. The molecule has 2 heterocycles. The molecule has 22 heavy (non-hydrogen) atoms. The van der Waals surface area contributed by atoms with Crippen molar-refractivity contribution in [1.29, 1.82) is 0 Å². The summed E-state index contributed by atoms with van der Waals surface area (Å²) in [7, 11) is 1.57. The fourth-order valence-electron chi connectivity index (χ4n) is 2.12. The fourth-order valence-corrected chi connectivity index (χ4v) is 2.54. The number of anilines is 2. The minimum absolute atomic E-state index is 0.157. The Labute approximate surface area is 137 Å². The first kappa shape index (κ1) is 14.9. The van der Waals surface area contributed by atoms with E-state index < -0.39 is 0 Å². The minimum atomic E-state index is 0.157. The molecule has 0 spiro atoms. The zero-order valence-electron chi connectivity index (χ0n) is 12.0. The number of rotatable bonds is 4. The average molecular weight is 338 g/mol. The third kappa shape index (κ3) is 2.67. The van der Waals surface area contributed by atoms with Gasteiger partial charge in [0, 0.05) is 12.2 Å². The van der Waals surface area contributed by atoms with Crippen molar-refractivity contribution in [2.24, 2.45) is 0 Å². The molecule has 0 unspecified atom stereocenters. The van der Waals surface area contributed by atoms with Gasteiger partial charge in [0.2, 0.25) is 5.28 Å². The quantitative estimate of drug-likeness (QED) is 0.731. The van der Waals surface area contributed by atoms with Crippen LogP contribution in [-0.2, 0) is 6.54 Å². The number of benzene rings is 1. The molecule has 0 fully saturated rings. The monoisotopic (exact) mass is 337 g/mol. The van der Waals surface area contributed by atoms with Gasteiger partial charge in [0.1, 0.15) is 5.75 Å². The predicted octanol–water partition coefficient (Wildman–Crippen LogP) is 3.91. The molecule has 1 aromatic carbocycles. The van der Waals surface area contributed by atoms with Gasteiger partial charge < -0.3 is 14.6 Å². The third-order valence-corrected chi connectivity index (χ3v) is 3.66. The van der Waals surface area contributed by atoms with Crippen molar-refractivity contribution in [1.82, 2.24) is 19.5 Å². The van der Waals surface area contributed by atoms with Gasteiger partial charge in [-0.1, -0.05) is 11.6 Å². The van der Waals surface area contributed by atoms with Crippen molar-refractivity contribution >= 4 is 45.9 Å². The highest BCUT2D eigenvalue weighted by atomic mass is 35.5. The second-order valence-electron chi connectivity index (χ2n) is 4.52. The molecule has 0 atom stereocenters. The van der Waals surface area contributed by atoms with E-state index >= 15 is 0 Å². The summed E-state index contributed by atoms with van der Waals surface area (Å²) < 4.78 is 7.03. The van der Waals surface area contributed by atoms with E-state index in [0.717, 1.165) is 12.2 Å². The molecule has 6 nitrogen and oxygen atoms in total. The summed E-state index contributed by atoms with van der Waals surface area (Å²) >= 11 is 12.1. The summed E-state index contributed by atoms with van der Waals surface area (Å²) in [5.41, 5.74) is 2.09. The number of aromatic nitrogens is 4. The Hall–Kier alpha value is -2.05. The van der Waals surface area contributed by atoms with Gasteiger partial charge in [0.25, 0.3) is 0 Å². The number of ether oxygens (including phenoxy) is 1. The highest BCUT2D eigenvalue weighted by Crippen LogP contribution is 2.30. The summed E-state index contributed by atoms with van der Waals surface area (Å²) in [5, 5.41) is 3.83. The summed E-state index contributed by atoms with van der Waals surface area (Å²) in [6.07, 6.45) is 1.71. The smallest absolute Gasteiger partial charge is 0.226 e. The molecule has 0 radical (unpaired) electrons. The molecule has 1 N–H and O–H groups in total. The SMILES string of the molecule is CCn1cnc2c(Nc3ccc(OC)c(Cl)c3)nc(Cl)nc21. The molecule has 0 amide bonds. The van der Waals surface area contributed by atoms with E-state index in [9.17, 15) is 0 Å². The van der Waals surface area contributed by atoms with Crippen molar-refractivity contribution in [3.63, 3.8) is 0 Å². The molecular formula is C14H13Cl2N5O. The zero-order chi connectivity index (χ0) is 15.7. The Balaban J connectivity index is 2.03. The Kier molecular flexibility index (Phi) is 4.04. The van der Waals surface area contributed by atoms with Crippen molar-refractivity contribution in [2.75, 3.05) is 12.4 Å². The van der Waals surface area contributed by atoms with Gasteiger partial charge in [-0.3, -0.25) is 0 Å². The van der Waals surface area contributed by atoms with Gasteiger partial charge >= 0.3 is 0 Å². The number of nitrogens with one attached hydrogen (secondary N) is 1. The molecule has 0 aliphatic rings. The van der Waals surface area contributed by atoms with Crippen LogP contribution in [0.15, 0.2) is 24.5 Å². The normalized spacial score (nSPS) is 10.9. The van der Waals surface area contributed by atoms with E-state index in [4.69, 9.17) is 27.9 Å². The van der Waals surface area contributed by atoms with E-state index in [0.29, 0.717) is 27.8 Å². The molecule has 114 valence electrons. The van der Waals surface area contributed by atoms with Gasteiger partial charge in [-0.2, -0.15) is 9.97 Å². The topological polar surface area (TPSA) is 64.9 Å². The molecule has 3 aromatic rings. The molecule has 3 rings (SSSR count).